The zero-order valence-electron chi connectivity index (χ0n) is 15.7. The highest BCUT2D eigenvalue weighted by molar-refractivity contribution is 5.88. The molecule has 3 heterocycles. The van der Waals surface area contributed by atoms with E-state index >= 15 is 0 Å². The van der Waals surface area contributed by atoms with Gasteiger partial charge in [-0.2, -0.15) is 0 Å². The van der Waals surface area contributed by atoms with Crippen LogP contribution >= 0.6 is 0 Å². The van der Waals surface area contributed by atoms with Crippen molar-refractivity contribution in [2.24, 2.45) is 0 Å². The van der Waals surface area contributed by atoms with E-state index in [9.17, 15) is 9.59 Å². The quantitative estimate of drug-likeness (QED) is 0.847. The normalized spacial score (nSPS) is 20.4. The Kier molecular flexibility index (Phi) is 5.43. The molecule has 2 saturated heterocycles. The molecule has 0 spiro atoms. The minimum absolute atomic E-state index is 0.105. The number of aromatic nitrogens is 1. The van der Waals surface area contributed by atoms with Crippen molar-refractivity contribution in [3.05, 3.63) is 36.0 Å². The SMILES string of the molecule is O=C([C@@H]1CNCCN1C(=O)CCCc1c[nH]c2ccccc12)N1CCCC1. The third kappa shape index (κ3) is 3.86. The molecule has 2 fully saturated rings. The zero-order chi connectivity index (χ0) is 18.6. The number of piperazine rings is 1. The van der Waals surface area contributed by atoms with E-state index in [4.69, 9.17) is 0 Å². The Hall–Kier alpha value is -2.34. The molecule has 4 rings (SSSR count). The van der Waals surface area contributed by atoms with Gasteiger partial charge in [-0.25, -0.2) is 0 Å². The molecule has 1 atom stereocenters. The minimum Gasteiger partial charge on any atom is -0.361 e. The van der Waals surface area contributed by atoms with Crippen LogP contribution in [-0.4, -0.2) is 65.4 Å². The summed E-state index contributed by atoms with van der Waals surface area (Å²) in [6.45, 7) is 3.62. The number of H-pyrrole nitrogens is 1. The first-order chi connectivity index (χ1) is 13.2. The van der Waals surface area contributed by atoms with Crippen LogP contribution in [0.3, 0.4) is 0 Å². The van der Waals surface area contributed by atoms with E-state index in [1.807, 2.05) is 28.1 Å². The molecular weight excluding hydrogens is 340 g/mol. The van der Waals surface area contributed by atoms with Crippen LogP contribution in [0.2, 0.25) is 0 Å². The summed E-state index contributed by atoms with van der Waals surface area (Å²) in [6, 6.07) is 7.91. The molecule has 1 aromatic carbocycles. The highest BCUT2D eigenvalue weighted by Crippen LogP contribution is 2.20. The zero-order valence-corrected chi connectivity index (χ0v) is 15.7. The van der Waals surface area contributed by atoms with E-state index in [-0.39, 0.29) is 17.9 Å². The molecule has 2 aromatic rings. The predicted octanol–water partition coefficient (Wildman–Crippen LogP) is 1.91. The van der Waals surface area contributed by atoms with Crippen molar-refractivity contribution >= 4 is 22.7 Å². The number of benzene rings is 1. The molecule has 0 radical (unpaired) electrons. The monoisotopic (exact) mass is 368 g/mol. The van der Waals surface area contributed by atoms with Gasteiger partial charge in [-0.3, -0.25) is 9.59 Å². The number of nitrogens with one attached hydrogen (secondary N) is 2. The average Bonchev–Trinajstić information content (AvgIpc) is 3.38. The number of para-hydroxylation sites is 1. The smallest absolute Gasteiger partial charge is 0.246 e. The summed E-state index contributed by atoms with van der Waals surface area (Å²) >= 11 is 0. The van der Waals surface area contributed by atoms with Gasteiger partial charge in [0.25, 0.3) is 0 Å². The van der Waals surface area contributed by atoms with Crippen LogP contribution in [0.4, 0.5) is 0 Å². The van der Waals surface area contributed by atoms with Gasteiger partial charge in [0, 0.05) is 56.2 Å². The molecule has 2 aliphatic heterocycles. The summed E-state index contributed by atoms with van der Waals surface area (Å²) in [5.41, 5.74) is 2.39. The number of nitrogens with zero attached hydrogens (tertiary/aromatic N) is 2. The van der Waals surface area contributed by atoms with E-state index in [2.05, 4.69) is 22.4 Å². The number of amides is 2. The van der Waals surface area contributed by atoms with Gasteiger partial charge in [0.1, 0.15) is 6.04 Å². The lowest BCUT2D eigenvalue weighted by Crippen LogP contribution is -2.59. The number of likely N-dealkylation sites (tertiary alicyclic amines) is 1. The molecule has 6 nitrogen and oxygen atoms in total. The largest absolute Gasteiger partial charge is 0.361 e. The average molecular weight is 368 g/mol. The fourth-order valence-electron chi connectivity index (χ4n) is 4.28. The number of carbonyl (C=O) groups is 2. The number of hydrogen-bond donors (Lipinski definition) is 2. The number of carbonyl (C=O) groups excluding carboxylic acids is 2. The number of hydrogen-bond acceptors (Lipinski definition) is 3. The first kappa shape index (κ1) is 18.0. The van der Waals surface area contributed by atoms with Crippen LogP contribution in [0.15, 0.2) is 30.5 Å². The van der Waals surface area contributed by atoms with Crippen molar-refractivity contribution in [1.82, 2.24) is 20.1 Å². The number of fused-ring (bicyclic) bond motifs is 1. The van der Waals surface area contributed by atoms with Gasteiger partial charge in [-0.1, -0.05) is 18.2 Å². The Balaban J connectivity index is 1.35. The van der Waals surface area contributed by atoms with E-state index < -0.39 is 0 Å². The van der Waals surface area contributed by atoms with Crippen molar-refractivity contribution in [2.75, 3.05) is 32.7 Å². The summed E-state index contributed by atoms with van der Waals surface area (Å²) in [6.07, 6.45) is 6.35. The maximum absolute atomic E-state index is 12.8. The molecule has 0 aliphatic carbocycles. The maximum atomic E-state index is 12.8. The molecule has 2 N–H and O–H groups in total. The number of rotatable bonds is 5. The molecule has 0 bridgehead atoms. The van der Waals surface area contributed by atoms with Crippen molar-refractivity contribution in [3.63, 3.8) is 0 Å². The summed E-state index contributed by atoms with van der Waals surface area (Å²) in [5, 5.41) is 4.51. The van der Waals surface area contributed by atoms with Crippen LogP contribution in [0.1, 0.15) is 31.2 Å². The second-order valence-electron chi connectivity index (χ2n) is 7.55. The first-order valence-corrected chi connectivity index (χ1v) is 10.1. The molecule has 6 heteroatoms. The second kappa shape index (κ2) is 8.13. The molecule has 1 aromatic heterocycles. The van der Waals surface area contributed by atoms with Gasteiger partial charge in [0.15, 0.2) is 0 Å². The van der Waals surface area contributed by atoms with Gasteiger partial charge in [0.2, 0.25) is 11.8 Å². The highest BCUT2D eigenvalue weighted by Gasteiger charge is 2.35. The Morgan fingerprint density at radius 2 is 1.93 bits per heavy atom. The Morgan fingerprint density at radius 3 is 2.78 bits per heavy atom. The maximum Gasteiger partial charge on any atom is 0.246 e. The van der Waals surface area contributed by atoms with Crippen molar-refractivity contribution < 1.29 is 9.59 Å². The van der Waals surface area contributed by atoms with Crippen LogP contribution in [-0.2, 0) is 16.0 Å². The van der Waals surface area contributed by atoms with Gasteiger partial charge >= 0.3 is 0 Å². The summed E-state index contributed by atoms with van der Waals surface area (Å²) in [5.74, 6) is 0.221. The van der Waals surface area contributed by atoms with Gasteiger partial charge in [0.05, 0.1) is 0 Å². The summed E-state index contributed by atoms with van der Waals surface area (Å²) < 4.78 is 0. The van der Waals surface area contributed by atoms with Crippen LogP contribution in [0, 0.1) is 0 Å². The molecule has 2 amide bonds. The van der Waals surface area contributed by atoms with Crippen LogP contribution in [0.5, 0.6) is 0 Å². The fourth-order valence-corrected chi connectivity index (χ4v) is 4.28. The van der Waals surface area contributed by atoms with Crippen LogP contribution < -0.4 is 5.32 Å². The van der Waals surface area contributed by atoms with Crippen molar-refractivity contribution in [3.8, 4) is 0 Å². The summed E-state index contributed by atoms with van der Waals surface area (Å²) in [7, 11) is 0. The van der Waals surface area contributed by atoms with E-state index in [0.29, 0.717) is 19.5 Å². The lowest BCUT2D eigenvalue weighted by atomic mass is 10.1. The second-order valence-corrected chi connectivity index (χ2v) is 7.55. The molecular formula is C21H28N4O2. The number of aromatic amines is 1. The minimum atomic E-state index is -0.336. The van der Waals surface area contributed by atoms with Gasteiger partial charge < -0.3 is 20.1 Å². The lowest BCUT2D eigenvalue weighted by molar-refractivity contribution is -0.146. The molecule has 2 aliphatic rings. The van der Waals surface area contributed by atoms with Crippen LogP contribution in [0.25, 0.3) is 10.9 Å². The van der Waals surface area contributed by atoms with Crippen molar-refractivity contribution in [2.45, 2.75) is 38.1 Å². The molecule has 0 saturated carbocycles. The topological polar surface area (TPSA) is 68.4 Å². The van der Waals surface area contributed by atoms with E-state index in [1.165, 1.54) is 10.9 Å². The third-order valence-corrected chi connectivity index (χ3v) is 5.78. The van der Waals surface area contributed by atoms with Gasteiger partial charge in [-0.15, -0.1) is 0 Å². The first-order valence-electron chi connectivity index (χ1n) is 10.1. The van der Waals surface area contributed by atoms with Crippen molar-refractivity contribution in [1.29, 1.82) is 0 Å². The lowest BCUT2D eigenvalue weighted by Gasteiger charge is -2.37. The van der Waals surface area contributed by atoms with E-state index in [0.717, 1.165) is 50.8 Å². The third-order valence-electron chi connectivity index (χ3n) is 5.78. The molecule has 27 heavy (non-hydrogen) atoms. The Labute approximate surface area is 159 Å². The summed E-state index contributed by atoms with van der Waals surface area (Å²) in [4.78, 5) is 32.7. The fraction of sp³-hybridized carbons (Fsp3) is 0.524. The Bertz CT molecular complexity index is 809. The van der Waals surface area contributed by atoms with E-state index in [1.54, 1.807) is 0 Å². The molecule has 144 valence electrons. The highest BCUT2D eigenvalue weighted by atomic mass is 16.2. The Morgan fingerprint density at radius 1 is 1.11 bits per heavy atom. The predicted molar refractivity (Wildman–Crippen MR) is 105 cm³/mol. The standard InChI is InChI=1S/C21H28N4O2/c26-20(9-5-6-16-14-23-18-8-2-1-7-17(16)18)25-13-10-22-15-19(25)21(27)24-11-3-4-12-24/h1-2,7-8,14,19,22-23H,3-6,9-13,15H2/t19-/m0/s1. The number of aryl methyl sites for hydroxylation is 1. The van der Waals surface area contributed by atoms with Gasteiger partial charge in [-0.05, 0) is 37.3 Å². The molecule has 0 unspecified atom stereocenters.